The first-order valence-electron chi connectivity index (χ1n) is 5.72. The summed E-state index contributed by atoms with van der Waals surface area (Å²) in [5.41, 5.74) is 9.17. The lowest BCUT2D eigenvalue weighted by Crippen LogP contribution is -1.94. The molecule has 1 heterocycles. The number of halogens is 1. The fraction of sp³-hybridized carbons (Fsp3) is 0.308. The number of anilines is 1. The van der Waals surface area contributed by atoms with Crippen molar-refractivity contribution in [3.05, 3.63) is 34.4 Å². The van der Waals surface area contributed by atoms with Gasteiger partial charge in [-0.3, -0.25) is 5.10 Å². The predicted molar refractivity (Wildman–Crippen MR) is 74.8 cm³/mol. The number of hydrogen-bond donors (Lipinski definition) is 2. The van der Waals surface area contributed by atoms with E-state index in [1.54, 1.807) is 6.20 Å². The van der Waals surface area contributed by atoms with E-state index in [0.717, 1.165) is 22.0 Å². The number of nitrogens with zero attached hydrogens (tertiary/aromatic N) is 1. The summed E-state index contributed by atoms with van der Waals surface area (Å²) in [6.07, 6.45) is 2.88. The molecule has 0 aliphatic carbocycles. The molecule has 0 saturated heterocycles. The Morgan fingerprint density at radius 2 is 2.24 bits per heavy atom. The van der Waals surface area contributed by atoms with E-state index in [1.807, 2.05) is 0 Å². The van der Waals surface area contributed by atoms with E-state index in [1.165, 1.54) is 5.56 Å². The molecule has 1 aromatic carbocycles. The SMILES string of the molecule is CCC(C)c1ccc(-c2cn[nH]c2N)cc1Br. The fourth-order valence-electron chi connectivity index (χ4n) is 1.84. The highest BCUT2D eigenvalue weighted by molar-refractivity contribution is 9.10. The highest BCUT2D eigenvalue weighted by Gasteiger charge is 2.10. The number of hydrogen-bond acceptors (Lipinski definition) is 2. The van der Waals surface area contributed by atoms with Crippen molar-refractivity contribution in [2.24, 2.45) is 0 Å². The van der Waals surface area contributed by atoms with Crippen molar-refractivity contribution in [1.29, 1.82) is 0 Å². The number of aromatic amines is 1. The van der Waals surface area contributed by atoms with Gasteiger partial charge in [-0.15, -0.1) is 0 Å². The number of rotatable bonds is 3. The van der Waals surface area contributed by atoms with Crippen LogP contribution in [-0.4, -0.2) is 10.2 Å². The maximum Gasteiger partial charge on any atom is 0.126 e. The van der Waals surface area contributed by atoms with E-state index in [0.29, 0.717) is 11.7 Å². The standard InChI is InChI=1S/C13H16BrN3/c1-3-8(2)10-5-4-9(6-12(10)14)11-7-16-17-13(11)15/h4-8H,3H2,1-2H3,(H3,15,16,17). The molecular weight excluding hydrogens is 278 g/mol. The van der Waals surface area contributed by atoms with Gasteiger partial charge < -0.3 is 5.73 Å². The Kier molecular flexibility index (Phi) is 3.52. The second-order valence-electron chi connectivity index (χ2n) is 4.24. The Labute approximate surface area is 110 Å². The van der Waals surface area contributed by atoms with Crippen molar-refractivity contribution in [1.82, 2.24) is 10.2 Å². The average molecular weight is 294 g/mol. The summed E-state index contributed by atoms with van der Waals surface area (Å²) in [6, 6.07) is 6.34. The van der Waals surface area contributed by atoms with Crippen molar-refractivity contribution < 1.29 is 0 Å². The van der Waals surface area contributed by atoms with Gasteiger partial charge in [0.25, 0.3) is 0 Å². The molecule has 1 aromatic heterocycles. The zero-order chi connectivity index (χ0) is 12.4. The summed E-state index contributed by atoms with van der Waals surface area (Å²) >= 11 is 3.63. The Balaban J connectivity index is 2.41. The van der Waals surface area contributed by atoms with Crippen LogP contribution in [0.3, 0.4) is 0 Å². The fourth-order valence-corrected chi connectivity index (χ4v) is 2.61. The summed E-state index contributed by atoms with van der Waals surface area (Å²) in [5.74, 6) is 1.16. The molecule has 3 N–H and O–H groups in total. The topological polar surface area (TPSA) is 54.7 Å². The first-order chi connectivity index (χ1) is 8.13. The summed E-state index contributed by atoms with van der Waals surface area (Å²) < 4.78 is 1.13. The molecule has 0 spiro atoms. The molecule has 0 radical (unpaired) electrons. The molecule has 0 amide bonds. The Bertz CT molecular complexity index is 519. The van der Waals surface area contributed by atoms with Gasteiger partial charge >= 0.3 is 0 Å². The molecule has 0 aliphatic rings. The molecule has 1 atom stereocenters. The molecule has 17 heavy (non-hydrogen) atoms. The van der Waals surface area contributed by atoms with Crippen LogP contribution in [0.25, 0.3) is 11.1 Å². The molecular formula is C13H16BrN3. The molecule has 0 saturated carbocycles. The lowest BCUT2D eigenvalue weighted by molar-refractivity contribution is 0.730. The monoisotopic (exact) mass is 293 g/mol. The predicted octanol–water partition coefficient (Wildman–Crippen LogP) is 3.93. The zero-order valence-electron chi connectivity index (χ0n) is 10.00. The van der Waals surface area contributed by atoms with Crippen molar-refractivity contribution in [2.75, 3.05) is 5.73 Å². The maximum atomic E-state index is 5.81. The molecule has 0 bridgehead atoms. The van der Waals surface area contributed by atoms with Gasteiger partial charge in [0, 0.05) is 10.0 Å². The third-order valence-electron chi connectivity index (χ3n) is 3.12. The molecule has 2 aromatic rings. The molecule has 0 fully saturated rings. The van der Waals surface area contributed by atoms with Crippen molar-refractivity contribution in [3.8, 4) is 11.1 Å². The third-order valence-corrected chi connectivity index (χ3v) is 3.81. The number of nitrogen functional groups attached to an aromatic ring is 1. The maximum absolute atomic E-state index is 5.81. The van der Waals surface area contributed by atoms with Crippen LogP contribution in [0.4, 0.5) is 5.82 Å². The molecule has 1 unspecified atom stereocenters. The van der Waals surface area contributed by atoms with Crippen molar-refractivity contribution >= 4 is 21.7 Å². The summed E-state index contributed by atoms with van der Waals surface area (Å²) in [6.45, 7) is 4.42. The first kappa shape index (κ1) is 12.2. The number of benzene rings is 1. The molecule has 90 valence electrons. The summed E-state index contributed by atoms with van der Waals surface area (Å²) in [5, 5.41) is 6.68. The van der Waals surface area contributed by atoms with Crippen LogP contribution in [0.15, 0.2) is 28.9 Å². The van der Waals surface area contributed by atoms with Gasteiger partial charge in [-0.25, -0.2) is 0 Å². The Morgan fingerprint density at radius 1 is 1.47 bits per heavy atom. The smallest absolute Gasteiger partial charge is 0.126 e. The van der Waals surface area contributed by atoms with Gasteiger partial charge in [0.05, 0.1) is 6.20 Å². The van der Waals surface area contributed by atoms with E-state index >= 15 is 0 Å². The van der Waals surface area contributed by atoms with Gasteiger partial charge in [0.2, 0.25) is 0 Å². The third kappa shape index (κ3) is 2.36. The van der Waals surface area contributed by atoms with Crippen LogP contribution in [0, 0.1) is 0 Å². The van der Waals surface area contributed by atoms with Crippen LogP contribution >= 0.6 is 15.9 Å². The second-order valence-corrected chi connectivity index (χ2v) is 5.10. The van der Waals surface area contributed by atoms with Gasteiger partial charge in [-0.2, -0.15) is 5.10 Å². The van der Waals surface area contributed by atoms with Crippen LogP contribution in [0.1, 0.15) is 31.7 Å². The lowest BCUT2D eigenvalue weighted by Gasteiger charge is -2.12. The number of nitrogens with two attached hydrogens (primary N) is 1. The zero-order valence-corrected chi connectivity index (χ0v) is 11.6. The number of nitrogens with one attached hydrogen (secondary N) is 1. The molecule has 2 rings (SSSR count). The van der Waals surface area contributed by atoms with Crippen LogP contribution in [0.5, 0.6) is 0 Å². The van der Waals surface area contributed by atoms with E-state index in [4.69, 9.17) is 5.73 Å². The Hall–Kier alpha value is -1.29. The first-order valence-corrected chi connectivity index (χ1v) is 6.51. The van der Waals surface area contributed by atoms with E-state index in [-0.39, 0.29) is 0 Å². The quantitative estimate of drug-likeness (QED) is 0.901. The number of aromatic nitrogens is 2. The number of H-pyrrole nitrogens is 1. The largest absolute Gasteiger partial charge is 0.384 e. The highest BCUT2D eigenvalue weighted by atomic mass is 79.9. The van der Waals surface area contributed by atoms with Crippen molar-refractivity contribution in [2.45, 2.75) is 26.2 Å². The minimum atomic E-state index is 0.556. The normalized spacial score (nSPS) is 12.6. The molecule has 4 heteroatoms. The van der Waals surface area contributed by atoms with Gasteiger partial charge in [0.1, 0.15) is 5.82 Å². The van der Waals surface area contributed by atoms with Gasteiger partial charge in [0.15, 0.2) is 0 Å². The van der Waals surface area contributed by atoms with E-state index < -0.39 is 0 Å². The Morgan fingerprint density at radius 3 is 2.76 bits per heavy atom. The second kappa shape index (κ2) is 4.92. The average Bonchev–Trinajstić information content (AvgIpc) is 2.74. The van der Waals surface area contributed by atoms with E-state index in [9.17, 15) is 0 Å². The van der Waals surface area contributed by atoms with Gasteiger partial charge in [-0.05, 0) is 29.5 Å². The van der Waals surface area contributed by atoms with Gasteiger partial charge in [-0.1, -0.05) is 41.9 Å². The highest BCUT2D eigenvalue weighted by Crippen LogP contribution is 2.32. The molecule has 0 aliphatic heterocycles. The summed E-state index contributed by atoms with van der Waals surface area (Å²) in [7, 11) is 0. The van der Waals surface area contributed by atoms with Crippen LogP contribution in [-0.2, 0) is 0 Å². The lowest BCUT2D eigenvalue weighted by atomic mass is 9.96. The van der Waals surface area contributed by atoms with Crippen LogP contribution < -0.4 is 5.73 Å². The summed E-state index contributed by atoms with van der Waals surface area (Å²) in [4.78, 5) is 0. The van der Waals surface area contributed by atoms with Crippen molar-refractivity contribution in [3.63, 3.8) is 0 Å². The minimum Gasteiger partial charge on any atom is -0.384 e. The molecule has 3 nitrogen and oxygen atoms in total. The van der Waals surface area contributed by atoms with E-state index in [2.05, 4.69) is 58.2 Å². The van der Waals surface area contributed by atoms with Crippen LogP contribution in [0.2, 0.25) is 0 Å². The minimum absolute atomic E-state index is 0.556.